The van der Waals surface area contributed by atoms with Crippen LogP contribution >= 0.6 is 11.3 Å². The number of amides is 1. The van der Waals surface area contributed by atoms with Crippen LogP contribution in [-0.4, -0.2) is 40.9 Å². The molecule has 1 amide bonds. The lowest BCUT2D eigenvalue weighted by Crippen LogP contribution is -2.41. The molecule has 0 aromatic carbocycles. The van der Waals surface area contributed by atoms with E-state index in [4.69, 9.17) is 0 Å². The number of hydrogen-bond acceptors (Lipinski definition) is 5. The molecule has 0 aliphatic carbocycles. The van der Waals surface area contributed by atoms with Crippen molar-refractivity contribution in [3.05, 3.63) is 40.5 Å². The molecule has 2 aromatic heterocycles. The van der Waals surface area contributed by atoms with Crippen molar-refractivity contribution in [2.75, 3.05) is 25.5 Å². The normalized spacial score (nSPS) is 18.0. The summed E-state index contributed by atoms with van der Waals surface area (Å²) in [5, 5.41) is 7.17. The van der Waals surface area contributed by atoms with Gasteiger partial charge in [-0.05, 0) is 47.6 Å². The molecule has 1 aliphatic heterocycles. The number of piperidine rings is 1. The summed E-state index contributed by atoms with van der Waals surface area (Å²) in [7, 11) is 1.87. The predicted molar refractivity (Wildman–Crippen MR) is 92.6 cm³/mol. The van der Waals surface area contributed by atoms with Crippen LogP contribution in [0.3, 0.4) is 0 Å². The smallest absolute Gasteiger partial charge is 0.227 e. The van der Waals surface area contributed by atoms with Gasteiger partial charge >= 0.3 is 0 Å². The topological polar surface area (TPSA) is 58.1 Å². The molecule has 0 unspecified atom stereocenters. The average Bonchev–Trinajstić information content (AvgIpc) is 3.08. The Morgan fingerprint density at radius 2 is 2.30 bits per heavy atom. The standard InChI is InChI=1S/C17H22N4OS/c1-18-17-15(19-5-6-20-17)9-13-3-2-7-21(11-13)16(22)10-14-4-8-23-12-14/h4-6,8,12-13H,2-3,7,9-11H2,1H3,(H,18,20)/t13-/m1/s1. The van der Waals surface area contributed by atoms with Crippen molar-refractivity contribution in [1.29, 1.82) is 0 Å². The molecule has 23 heavy (non-hydrogen) atoms. The number of anilines is 1. The van der Waals surface area contributed by atoms with Gasteiger partial charge in [-0.25, -0.2) is 4.98 Å². The first-order valence-corrected chi connectivity index (χ1v) is 8.97. The molecule has 1 atom stereocenters. The fourth-order valence-electron chi connectivity index (χ4n) is 3.14. The van der Waals surface area contributed by atoms with E-state index < -0.39 is 0 Å². The Hall–Kier alpha value is -1.95. The quantitative estimate of drug-likeness (QED) is 0.915. The minimum atomic E-state index is 0.237. The monoisotopic (exact) mass is 330 g/mol. The zero-order chi connectivity index (χ0) is 16.1. The Kier molecular flexibility index (Phi) is 5.23. The Balaban J connectivity index is 1.60. The number of hydrogen-bond donors (Lipinski definition) is 1. The van der Waals surface area contributed by atoms with Gasteiger partial charge in [-0.15, -0.1) is 0 Å². The predicted octanol–water partition coefficient (Wildman–Crippen LogP) is 2.60. The van der Waals surface area contributed by atoms with Gasteiger partial charge in [0.25, 0.3) is 0 Å². The summed E-state index contributed by atoms with van der Waals surface area (Å²) in [6.07, 6.45) is 7.03. The second-order valence-corrected chi connectivity index (χ2v) is 6.74. The number of nitrogens with one attached hydrogen (secondary N) is 1. The second kappa shape index (κ2) is 7.55. The number of aromatic nitrogens is 2. The number of thiophene rings is 1. The van der Waals surface area contributed by atoms with E-state index in [0.29, 0.717) is 12.3 Å². The Morgan fingerprint density at radius 3 is 3.09 bits per heavy atom. The Morgan fingerprint density at radius 1 is 1.43 bits per heavy atom. The highest BCUT2D eigenvalue weighted by Crippen LogP contribution is 2.23. The van der Waals surface area contributed by atoms with E-state index in [1.54, 1.807) is 23.7 Å². The Bertz CT molecular complexity index is 644. The molecule has 5 nitrogen and oxygen atoms in total. The molecule has 3 heterocycles. The molecule has 122 valence electrons. The van der Waals surface area contributed by atoms with Crippen molar-refractivity contribution in [2.24, 2.45) is 5.92 Å². The first-order chi connectivity index (χ1) is 11.3. The summed E-state index contributed by atoms with van der Waals surface area (Å²) in [5.41, 5.74) is 2.11. The number of rotatable bonds is 5. The summed E-state index contributed by atoms with van der Waals surface area (Å²) in [5.74, 6) is 1.54. The van der Waals surface area contributed by atoms with Gasteiger partial charge in [-0.3, -0.25) is 9.78 Å². The van der Waals surface area contributed by atoms with Gasteiger partial charge in [-0.2, -0.15) is 11.3 Å². The molecule has 0 saturated carbocycles. The van der Waals surface area contributed by atoms with Crippen molar-refractivity contribution < 1.29 is 4.79 Å². The van der Waals surface area contributed by atoms with Crippen molar-refractivity contribution in [1.82, 2.24) is 14.9 Å². The zero-order valence-electron chi connectivity index (χ0n) is 13.4. The maximum Gasteiger partial charge on any atom is 0.227 e. The lowest BCUT2D eigenvalue weighted by Gasteiger charge is -2.33. The molecule has 0 radical (unpaired) electrons. The number of carbonyl (C=O) groups excluding carboxylic acids is 1. The molecule has 2 aromatic rings. The fourth-order valence-corrected chi connectivity index (χ4v) is 3.80. The van der Waals surface area contributed by atoms with E-state index in [1.807, 2.05) is 23.4 Å². The molecular weight excluding hydrogens is 308 g/mol. The zero-order valence-corrected chi connectivity index (χ0v) is 14.2. The van der Waals surface area contributed by atoms with Crippen LogP contribution in [0.2, 0.25) is 0 Å². The van der Waals surface area contributed by atoms with E-state index in [0.717, 1.165) is 49.4 Å². The maximum absolute atomic E-state index is 12.5. The number of nitrogens with zero attached hydrogens (tertiary/aromatic N) is 3. The van der Waals surface area contributed by atoms with Crippen LogP contribution in [-0.2, 0) is 17.6 Å². The van der Waals surface area contributed by atoms with Crippen molar-refractivity contribution in [3.8, 4) is 0 Å². The summed E-state index contributed by atoms with van der Waals surface area (Å²) < 4.78 is 0. The molecule has 1 N–H and O–H groups in total. The van der Waals surface area contributed by atoms with Crippen LogP contribution in [0.1, 0.15) is 24.1 Å². The van der Waals surface area contributed by atoms with Crippen molar-refractivity contribution >= 4 is 23.1 Å². The molecule has 1 fully saturated rings. The highest BCUT2D eigenvalue weighted by Gasteiger charge is 2.25. The largest absolute Gasteiger partial charge is 0.372 e. The summed E-state index contributed by atoms with van der Waals surface area (Å²) >= 11 is 1.64. The van der Waals surface area contributed by atoms with Gasteiger partial charge in [0.15, 0.2) is 0 Å². The van der Waals surface area contributed by atoms with Gasteiger partial charge in [-0.1, -0.05) is 0 Å². The van der Waals surface area contributed by atoms with Crippen LogP contribution in [0.5, 0.6) is 0 Å². The van der Waals surface area contributed by atoms with Gasteiger partial charge in [0, 0.05) is 32.5 Å². The number of carbonyl (C=O) groups is 1. The van der Waals surface area contributed by atoms with Gasteiger partial charge in [0.2, 0.25) is 5.91 Å². The summed E-state index contributed by atoms with van der Waals surface area (Å²) in [4.78, 5) is 23.3. The highest BCUT2D eigenvalue weighted by atomic mass is 32.1. The number of likely N-dealkylation sites (tertiary alicyclic amines) is 1. The molecule has 1 saturated heterocycles. The van der Waals surface area contributed by atoms with Crippen molar-refractivity contribution in [3.63, 3.8) is 0 Å². The van der Waals surface area contributed by atoms with Gasteiger partial charge < -0.3 is 10.2 Å². The SMILES string of the molecule is CNc1nccnc1C[C@H]1CCCN(C(=O)Cc2ccsc2)C1. The highest BCUT2D eigenvalue weighted by molar-refractivity contribution is 7.07. The van der Waals surface area contributed by atoms with Gasteiger partial charge in [0.1, 0.15) is 5.82 Å². The van der Waals surface area contributed by atoms with Gasteiger partial charge in [0.05, 0.1) is 12.1 Å². The van der Waals surface area contributed by atoms with Crippen LogP contribution in [0.25, 0.3) is 0 Å². The van der Waals surface area contributed by atoms with E-state index in [9.17, 15) is 4.79 Å². The van der Waals surface area contributed by atoms with Crippen LogP contribution in [0.4, 0.5) is 5.82 Å². The van der Waals surface area contributed by atoms with Crippen LogP contribution in [0.15, 0.2) is 29.2 Å². The lowest BCUT2D eigenvalue weighted by molar-refractivity contribution is -0.132. The molecule has 1 aliphatic rings. The first kappa shape index (κ1) is 15.9. The van der Waals surface area contributed by atoms with Crippen LogP contribution in [0, 0.1) is 5.92 Å². The average molecular weight is 330 g/mol. The lowest BCUT2D eigenvalue weighted by atomic mass is 9.93. The molecule has 3 rings (SSSR count). The van der Waals surface area contributed by atoms with E-state index in [2.05, 4.69) is 20.7 Å². The third kappa shape index (κ3) is 4.07. The Labute approximate surface area is 140 Å². The van der Waals surface area contributed by atoms with Crippen LogP contribution < -0.4 is 5.32 Å². The van der Waals surface area contributed by atoms with Crippen molar-refractivity contribution in [2.45, 2.75) is 25.7 Å². The first-order valence-electron chi connectivity index (χ1n) is 8.02. The second-order valence-electron chi connectivity index (χ2n) is 5.96. The third-order valence-electron chi connectivity index (χ3n) is 4.30. The maximum atomic E-state index is 12.5. The third-order valence-corrected chi connectivity index (χ3v) is 5.03. The molecule has 6 heteroatoms. The molecule has 0 bridgehead atoms. The van der Waals surface area contributed by atoms with E-state index in [-0.39, 0.29) is 5.91 Å². The minimum Gasteiger partial charge on any atom is -0.372 e. The van der Waals surface area contributed by atoms with E-state index >= 15 is 0 Å². The molecular formula is C17H22N4OS. The fraction of sp³-hybridized carbons (Fsp3) is 0.471. The molecule has 0 spiro atoms. The summed E-state index contributed by atoms with van der Waals surface area (Å²) in [6, 6.07) is 2.03. The summed E-state index contributed by atoms with van der Waals surface area (Å²) in [6.45, 7) is 1.70. The minimum absolute atomic E-state index is 0.237. The van der Waals surface area contributed by atoms with E-state index in [1.165, 1.54) is 0 Å².